The third-order valence-corrected chi connectivity index (χ3v) is 3.69. The van der Waals surface area contributed by atoms with Crippen LogP contribution in [0.5, 0.6) is 0 Å². The predicted molar refractivity (Wildman–Crippen MR) is 77.0 cm³/mol. The van der Waals surface area contributed by atoms with Gasteiger partial charge < -0.3 is 10.0 Å². The van der Waals surface area contributed by atoms with Crippen LogP contribution < -0.4 is 0 Å². The van der Waals surface area contributed by atoms with Crippen LogP contribution in [-0.2, 0) is 16.1 Å². The number of carboxylic acid groups (broad SMARTS) is 1. The van der Waals surface area contributed by atoms with E-state index in [4.69, 9.17) is 16.7 Å². The maximum absolute atomic E-state index is 12.1. The Morgan fingerprint density at radius 3 is 2.53 bits per heavy atom. The number of rotatable bonds is 4. The topological polar surface area (TPSA) is 57.6 Å². The van der Waals surface area contributed by atoms with E-state index >= 15 is 0 Å². The van der Waals surface area contributed by atoms with Crippen LogP contribution in [0.4, 0.5) is 0 Å². The molecule has 1 N–H and O–H groups in total. The number of carboxylic acids is 1. The summed E-state index contributed by atoms with van der Waals surface area (Å²) in [5.74, 6) is -1.61. The van der Waals surface area contributed by atoms with Gasteiger partial charge in [-0.05, 0) is 37.6 Å². The molecule has 0 fully saturated rings. The average molecular weight is 349 g/mol. The monoisotopic (exact) mass is 347 g/mol. The van der Waals surface area contributed by atoms with E-state index in [0.717, 1.165) is 10.0 Å². The van der Waals surface area contributed by atoms with Gasteiger partial charge in [0.25, 0.3) is 0 Å². The van der Waals surface area contributed by atoms with Crippen LogP contribution in [0.1, 0.15) is 19.4 Å². The molecule has 0 aromatic heterocycles. The van der Waals surface area contributed by atoms with Crippen molar-refractivity contribution >= 4 is 39.4 Å². The molecule has 0 radical (unpaired) electrons. The molecule has 0 spiro atoms. The number of halogens is 2. The van der Waals surface area contributed by atoms with Crippen LogP contribution >= 0.6 is 27.5 Å². The zero-order valence-electron chi connectivity index (χ0n) is 10.9. The number of benzene rings is 1. The maximum Gasteiger partial charge on any atom is 0.318 e. The van der Waals surface area contributed by atoms with Crippen molar-refractivity contribution in [2.24, 2.45) is 5.41 Å². The van der Waals surface area contributed by atoms with Gasteiger partial charge in [-0.2, -0.15) is 0 Å². The molecule has 104 valence electrons. The second-order valence-corrected chi connectivity index (χ2v) is 6.15. The van der Waals surface area contributed by atoms with Gasteiger partial charge in [-0.3, -0.25) is 9.59 Å². The highest BCUT2D eigenvalue weighted by Gasteiger charge is 2.38. The van der Waals surface area contributed by atoms with Gasteiger partial charge in [0.05, 0.1) is 0 Å². The fourth-order valence-electron chi connectivity index (χ4n) is 1.56. The smallest absolute Gasteiger partial charge is 0.318 e. The number of amides is 1. The lowest BCUT2D eigenvalue weighted by Gasteiger charge is -2.26. The van der Waals surface area contributed by atoms with E-state index in [0.29, 0.717) is 5.02 Å². The summed E-state index contributed by atoms with van der Waals surface area (Å²) in [6.45, 7) is 3.03. The van der Waals surface area contributed by atoms with E-state index in [1.807, 2.05) is 0 Å². The lowest BCUT2D eigenvalue weighted by molar-refractivity contribution is -0.157. The van der Waals surface area contributed by atoms with Gasteiger partial charge in [0.1, 0.15) is 5.41 Å². The molecule has 0 unspecified atom stereocenters. The summed E-state index contributed by atoms with van der Waals surface area (Å²) >= 11 is 9.38. The van der Waals surface area contributed by atoms with Gasteiger partial charge in [-0.25, -0.2) is 0 Å². The summed E-state index contributed by atoms with van der Waals surface area (Å²) in [6, 6.07) is 5.33. The highest BCUT2D eigenvalue weighted by Crippen LogP contribution is 2.24. The fraction of sp³-hybridized carbons (Fsp3) is 0.385. The molecule has 0 atom stereocenters. The van der Waals surface area contributed by atoms with Crippen LogP contribution in [0.25, 0.3) is 0 Å². The Morgan fingerprint density at radius 2 is 2.00 bits per heavy atom. The zero-order chi connectivity index (χ0) is 14.8. The molecule has 19 heavy (non-hydrogen) atoms. The highest BCUT2D eigenvalue weighted by molar-refractivity contribution is 9.10. The molecule has 0 saturated carbocycles. The van der Waals surface area contributed by atoms with Crippen molar-refractivity contribution in [3.63, 3.8) is 0 Å². The Kier molecular flexibility index (Phi) is 4.98. The summed E-state index contributed by atoms with van der Waals surface area (Å²) in [7, 11) is 1.56. The van der Waals surface area contributed by atoms with Crippen LogP contribution in [0.2, 0.25) is 5.02 Å². The molecule has 6 heteroatoms. The number of aliphatic carboxylic acids is 1. The number of carbonyl (C=O) groups is 2. The summed E-state index contributed by atoms with van der Waals surface area (Å²) in [5, 5.41) is 9.58. The number of hydrogen-bond donors (Lipinski definition) is 1. The number of hydrogen-bond acceptors (Lipinski definition) is 2. The van der Waals surface area contributed by atoms with Crippen molar-refractivity contribution in [1.82, 2.24) is 4.90 Å². The summed E-state index contributed by atoms with van der Waals surface area (Å²) < 4.78 is 0.852. The Balaban J connectivity index is 2.91. The fourth-order valence-corrected chi connectivity index (χ4v) is 2.15. The maximum atomic E-state index is 12.1. The molecular formula is C13H15BrClNO3. The first-order chi connectivity index (χ1) is 8.66. The molecule has 1 aromatic rings. The standard InChI is InChI=1S/C13H15BrClNO3/c1-13(2,12(18)19)11(17)16(3)7-8-6-9(14)4-5-10(8)15/h4-6H,7H2,1-3H3,(H,18,19). The molecule has 4 nitrogen and oxygen atoms in total. The van der Waals surface area contributed by atoms with E-state index in [1.54, 1.807) is 25.2 Å². The first-order valence-corrected chi connectivity index (χ1v) is 6.76. The van der Waals surface area contributed by atoms with Crippen molar-refractivity contribution < 1.29 is 14.7 Å². The molecule has 1 aromatic carbocycles. The lowest BCUT2D eigenvalue weighted by atomic mass is 9.92. The first-order valence-electron chi connectivity index (χ1n) is 5.59. The predicted octanol–water partition coefficient (Wildman–Crippen LogP) is 3.17. The van der Waals surface area contributed by atoms with Crippen molar-refractivity contribution in [2.75, 3.05) is 7.05 Å². The van der Waals surface area contributed by atoms with Crippen molar-refractivity contribution in [3.05, 3.63) is 33.3 Å². The van der Waals surface area contributed by atoms with Gasteiger partial charge in [-0.15, -0.1) is 0 Å². The molecule has 0 aliphatic rings. The molecule has 1 amide bonds. The van der Waals surface area contributed by atoms with Gasteiger partial charge in [0.15, 0.2) is 0 Å². The Labute approximate surface area is 125 Å². The Morgan fingerprint density at radius 1 is 1.42 bits per heavy atom. The normalized spacial score (nSPS) is 11.2. The van der Waals surface area contributed by atoms with Gasteiger partial charge in [-0.1, -0.05) is 27.5 Å². The molecule has 0 aliphatic carbocycles. The van der Waals surface area contributed by atoms with Crippen molar-refractivity contribution in [3.8, 4) is 0 Å². The van der Waals surface area contributed by atoms with Gasteiger partial charge >= 0.3 is 5.97 Å². The van der Waals surface area contributed by atoms with Gasteiger partial charge in [0.2, 0.25) is 5.91 Å². The van der Waals surface area contributed by atoms with Crippen LogP contribution in [0.3, 0.4) is 0 Å². The third-order valence-electron chi connectivity index (χ3n) is 2.83. The molecule has 1 rings (SSSR count). The SMILES string of the molecule is CN(Cc1cc(Br)ccc1Cl)C(=O)C(C)(C)C(=O)O. The second-order valence-electron chi connectivity index (χ2n) is 4.83. The van der Waals surface area contributed by atoms with Gasteiger partial charge in [0, 0.05) is 23.1 Å². The summed E-state index contributed by atoms with van der Waals surface area (Å²) in [4.78, 5) is 24.5. The van der Waals surface area contributed by atoms with Crippen LogP contribution in [0.15, 0.2) is 22.7 Å². The minimum absolute atomic E-state index is 0.258. The Hall–Kier alpha value is -1.07. The summed E-state index contributed by atoms with van der Waals surface area (Å²) in [6.07, 6.45) is 0. The largest absolute Gasteiger partial charge is 0.480 e. The average Bonchev–Trinajstić information content (AvgIpc) is 2.32. The molecule has 0 aliphatic heterocycles. The van der Waals surface area contributed by atoms with Crippen LogP contribution in [0, 0.1) is 5.41 Å². The van der Waals surface area contributed by atoms with Crippen molar-refractivity contribution in [2.45, 2.75) is 20.4 Å². The number of carbonyl (C=O) groups excluding carboxylic acids is 1. The lowest BCUT2D eigenvalue weighted by Crippen LogP contribution is -2.43. The first kappa shape index (κ1) is 16.0. The van der Waals surface area contributed by atoms with E-state index in [9.17, 15) is 9.59 Å². The second kappa shape index (κ2) is 5.92. The van der Waals surface area contributed by atoms with E-state index in [1.165, 1.54) is 18.7 Å². The third kappa shape index (κ3) is 3.70. The molecule has 0 saturated heterocycles. The van der Waals surface area contributed by atoms with E-state index in [2.05, 4.69) is 15.9 Å². The minimum atomic E-state index is -1.45. The molecular weight excluding hydrogens is 334 g/mol. The van der Waals surface area contributed by atoms with E-state index in [-0.39, 0.29) is 6.54 Å². The molecule has 0 bridgehead atoms. The Bertz CT molecular complexity index is 517. The van der Waals surface area contributed by atoms with E-state index < -0.39 is 17.3 Å². The summed E-state index contributed by atoms with van der Waals surface area (Å²) in [5.41, 5.74) is -0.694. The van der Waals surface area contributed by atoms with Crippen LogP contribution in [-0.4, -0.2) is 28.9 Å². The quantitative estimate of drug-likeness (QED) is 0.850. The molecule has 0 heterocycles. The zero-order valence-corrected chi connectivity index (χ0v) is 13.2. The minimum Gasteiger partial charge on any atom is -0.480 e. The highest BCUT2D eigenvalue weighted by atomic mass is 79.9. The van der Waals surface area contributed by atoms with Crippen molar-refractivity contribution in [1.29, 1.82) is 0 Å². The number of nitrogens with zero attached hydrogens (tertiary/aromatic N) is 1.